The van der Waals surface area contributed by atoms with Crippen molar-refractivity contribution in [1.29, 1.82) is 0 Å². The first-order valence-electron chi connectivity index (χ1n) is 5.89. The molecule has 0 spiro atoms. The molecule has 0 fully saturated rings. The zero-order chi connectivity index (χ0) is 13.8. The summed E-state index contributed by atoms with van der Waals surface area (Å²) in [5.74, 6) is 0.565. The highest BCUT2D eigenvalue weighted by Crippen LogP contribution is 2.28. The van der Waals surface area contributed by atoms with Crippen molar-refractivity contribution in [1.82, 2.24) is 0 Å². The topological polar surface area (TPSA) is 38.3 Å². The van der Waals surface area contributed by atoms with Gasteiger partial charge in [-0.1, -0.05) is 6.07 Å². The van der Waals surface area contributed by atoms with Crippen LogP contribution in [0.15, 0.2) is 34.1 Å². The maximum Gasteiger partial charge on any atom is 0.266 e. The van der Waals surface area contributed by atoms with Gasteiger partial charge in [0.1, 0.15) is 10.6 Å². The van der Waals surface area contributed by atoms with Crippen molar-refractivity contribution in [2.45, 2.75) is 13.8 Å². The number of rotatable bonds is 4. The van der Waals surface area contributed by atoms with Gasteiger partial charge >= 0.3 is 0 Å². The molecule has 2 aromatic rings. The van der Waals surface area contributed by atoms with Gasteiger partial charge in [0.05, 0.1) is 12.3 Å². The Morgan fingerprint density at radius 1 is 1.42 bits per heavy atom. The van der Waals surface area contributed by atoms with E-state index in [0.717, 1.165) is 10.0 Å². The fraction of sp³-hybridized carbons (Fsp3) is 0.214. The van der Waals surface area contributed by atoms with E-state index in [-0.39, 0.29) is 5.91 Å². The Kier molecular flexibility index (Phi) is 4.61. The van der Waals surface area contributed by atoms with Crippen LogP contribution in [-0.2, 0) is 0 Å². The van der Waals surface area contributed by atoms with Crippen molar-refractivity contribution in [2.24, 2.45) is 0 Å². The van der Waals surface area contributed by atoms with E-state index in [1.807, 2.05) is 43.5 Å². The van der Waals surface area contributed by atoms with E-state index in [9.17, 15) is 4.79 Å². The SMILES string of the molecule is CCOc1cc(C)ccc1NC(=O)c1sccc1Br. The molecular formula is C14H14BrNO2S. The number of nitrogens with one attached hydrogen (secondary N) is 1. The maximum atomic E-state index is 12.2. The summed E-state index contributed by atoms with van der Waals surface area (Å²) >= 11 is 4.76. The Morgan fingerprint density at radius 2 is 2.21 bits per heavy atom. The highest BCUT2D eigenvalue weighted by atomic mass is 79.9. The van der Waals surface area contributed by atoms with Gasteiger partial charge < -0.3 is 10.1 Å². The third kappa shape index (κ3) is 3.36. The molecule has 0 aliphatic heterocycles. The van der Waals surface area contributed by atoms with Crippen molar-refractivity contribution < 1.29 is 9.53 Å². The zero-order valence-corrected chi connectivity index (χ0v) is 13.1. The molecule has 3 nitrogen and oxygen atoms in total. The lowest BCUT2D eigenvalue weighted by molar-refractivity contribution is 0.102. The molecule has 0 aliphatic rings. The number of aryl methyl sites for hydroxylation is 1. The molecule has 2 rings (SSSR count). The summed E-state index contributed by atoms with van der Waals surface area (Å²) in [6.07, 6.45) is 0. The second-order valence-electron chi connectivity index (χ2n) is 3.98. The highest BCUT2D eigenvalue weighted by molar-refractivity contribution is 9.10. The average Bonchev–Trinajstić information content (AvgIpc) is 2.79. The lowest BCUT2D eigenvalue weighted by atomic mass is 10.2. The van der Waals surface area contributed by atoms with Crippen LogP contribution in [0.3, 0.4) is 0 Å². The maximum absolute atomic E-state index is 12.2. The number of thiophene rings is 1. The number of anilines is 1. The molecule has 0 saturated heterocycles. The van der Waals surface area contributed by atoms with Crippen LogP contribution < -0.4 is 10.1 Å². The summed E-state index contributed by atoms with van der Waals surface area (Å²) in [5.41, 5.74) is 1.79. The summed E-state index contributed by atoms with van der Waals surface area (Å²) in [5, 5.41) is 4.75. The molecule has 1 amide bonds. The Balaban J connectivity index is 2.23. The fourth-order valence-electron chi connectivity index (χ4n) is 1.64. The second-order valence-corrected chi connectivity index (χ2v) is 5.75. The standard InChI is InChI=1S/C14H14BrNO2S/c1-3-18-12-8-9(2)4-5-11(12)16-14(17)13-10(15)6-7-19-13/h4-8H,3H2,1-2H3,(H,16,17). The van der Waals surface area contributed by atoms with Crippen LogP contribution in [0, 0.1) is 6.92 Å². The van der Waals surface area contributed by atoms with E-state index in [1.165, 1.54) is 11.3 Å². The van der Waals surface area contributed by atoms with E-state index in [2.05, 4.69) is 21.2 Å². The van der Waals surface area contributed by atoms with Crippen molar-refractivity contribution >= 4 is 38.9 Å². The number of hydrogen-bond donors (Lipinski definition) is 1. The summed E-state index contributed by atoms with van der Waals surface area (Å²) in [6.45, 7) is 4.47. The van der Waals surface area contributed by atoms with E-state index in [4.69, 9.17) is 4.74 Å². The molecule has 0 aliphatic carbocycles. The van der Waals surface area contributed by atoms with Gasteiger partial charge in [-0.25, -0.2) is 0 Å². The number of ether oxygens (including phenoxy) is 1. The van der Waals surface area contributed by atoms with Crippen LogP contribution in [0.1, 0.15) is 22.2 Å². The number of carbonyl (C=O) groups excluding carboxylic acids is 1. The molecular weight excluding hydrogens is 326 g/mol. The Morgan fingerprint density at radius 3 is 2.84 bits per heavy atom. The quantitative estimate of drug-likeness (QED) is 0.892. The molecule has 0 bridgehead atoms. The number of hydrogen-bond acceptors (Lipinski definition) is 3. The van der Waals surface area contributed by atoms with Crippen LogP contribution in [-0.4, -0.2) is 12.5 Å². The van der Waals surface area contributed by atoms with Crippen LogP contribution in [0.5, 0.6) is 5.75 Å². The molecule has 100 valence electrons. The van der Waals surface area contributed by atoms with Gasteiger partial charge in [-0.3, -0.25) is 4.79 Å². The minimum Gasteiger partial charge on any atom is -0.492 e. The molecule has 1 aromatic heterocycles. The first-order chi connectivity index (χ1) is 9.11. The predicted octanol–water partition coefficient (Wildman–Crippen LogP) is 4.47. The third-order valence-electron chi connectivity index (χ3n) is 2.51. The van der Waals surface area contributed by atoms with Gasteiger partial charge in [0.2, 0.25) is 0 Å². The van der Waals surface area contributed by atoms with Crippen molar-refractivity contribution in [3.63, 3.8) is 0 Å². The van der Waals surface area contributed by atoms with Gasteiger partial charge in [0.25, 0.3) is 5.91 Å². The number of carbonyl (C=O) groups is 1. The number of benzene rings is 1. The monoisotopic (exact) mass is 339 g/mol. The zero-order valence-electron chi connectivity index (χ0n) is 10.7. The van der Waals surface area contributed by atoms with Crippen LogP contribution in [0.4, 0.5) is 5.69 Å². The summed E-state index contributed by atoms with van der Waals surface area (Å²) in [6, 6.07) is 7.59. The molecule has 1 N–H and O–H groups in total. The van der Waals surface area contributed by atoms with Gasteiger partial charge in [0.15, 0.2) is 0 Å². The molecule has 19 heavy (non-hydrogen) atoms. The van der Waals surface area contributed by atoms with Crippen molar-refractivity contribution in [2.75, 3.05) is 11.9 Å². The van der Waals surface area contributed by atoms with Gasteiger partial charge in [-0.15, -0.1) is 11.3 Å². The number of halogens is 1. The van der Waals surface area contributed by atoms with E-state index < -0.39 is 0 Å². The minimum absolute atomic E-state index is 0.133. The lowest BCUT2D eigenvalue weighted by Gasteiger charge is -2.12. The van der Waals surface area contributed by atoms with Gasteiger partial charge in [0, 0.05) is 4.47 Å². The molecule has 0 saturated carbocycles. The van der Waals surface area contributed by atoms with Gasteiger partial charge in [-0.05, 0) is 58.9 Å². The van der Waals surface area contributed by atoms with E-state index in [1.54, 1.807) is 0 Å². The molecule has 5 heteroatoms. The third-order valence-corrected chi connectivity index (χ3v) is 4.35. The summed E-state index contributed by atoms with van der Waals surface area (Å²) in [4.78, 5) is 12.8. The Labute approximate surface area is 124 Å². The van der Waals surface area contributed by atoms with Crippen LogP contribution in [0.25, 0.3) is 0 Å². The minimum atomic E-state index is -0.133. The smallest absolute Gasteiger partial charge is 0.266 e. The van der Waals surface area contributed by atoms with Crippen molar-refractivity contribution in [3.05, 3.63) is 44.6 Å². The largest absolute Gasteiger partial charge is 0.492 e. The molecule has 1 aromatic carbocycles. The van der Waals surface area contributed by atoms with Gasteiger partial charge in [-0.2, -0.15) is 0 Å². The summed E-state index contributed by atoms with van der Waals surface area (Å²) < 4.78 is 6.35. The normalized spacial score (nSPS) is 10.3. The van der Waals surface area contributed by atoms with Crippen molar-refractivity contribution in [3.8, 4) is 5.75 Å². The first kappa shape index (κ1) is 14.1. The molecule has 0 radical (unpaired) electrons. The predicted molar refractivity (Wildman–Crippen MR) is 82.3 cm³/mol. The lowest BCUT2D eigenvalue weighted by Crippen LogP contribution is -2.12. The average molecular weight is 340 g/mol. The Bertz CT molecular complexity index is 595. The fourth-order valence-corrected chi connectivity index (χ4v) is 3.09. The molecule has 0 unspecified atom stereocenters. The first-order valence-corrected chi connectivity index (χ1v) is 7.57. The second kappa shape index (κ2) is 6.21. The van der Waals surface area contributed by atoms with Crippen LogP contribution >= 0.6 is 27.3 Å². The van der Waals surface area contributed by atoms with E-state index in [0.29, 0.717) is 22.9 Å². The highest BCUT2D eigenvalue weighted by Gasteiger charge is 2.14. The van der Waals surface area contributed by atoms with Crippen LogP contribution in [0.2, 0.25) is 0 Å². The summed E-state index contributed by atoms with van der Waals surface area (Å²) in [7, 11) is 0. The molecule has 1 heterocycles. The molecule has 0 atom stereocenters. The van der Waals surface area contributed by atoms with E-state index >= 15 is 0 Å². The Hall–Kier alpha value is -1.33. The number of amides is 1.